The fourth-order valence-electron chi connectivity index (χ4n) is 2.06. The van der Waals surface area contributed by atoms with E-state index in [-0.39, 0.29) is 15.6 Å². The van der Waals surface area contributed by atoms with Crippen molar-refractivity contribution in [1.82, 2.24) is 4.31 Å². The van der Waals surface area contributed by atoms with Gasteiger partial charge < -0.3 is 10.1 Å². The highest BCUT2D eigenvalue weighted by Gasteiger charge is 2.19. The maximum absolute atomic E-state index is 12.2. The van der Waals surface area contributed by atoms with E-state index in [4.69, 9.17) is 16.3 Å². The Bertz CT molecular complexity index is 956. The van der Waals surface area contributed by atoms with Crippen molar-refractivity contribution in [1.29, 1.82) is 0 Å². The van der Waals surface area contributed by atoms with Crippen LogP contribution in [0.3, 0.4) is 0 Å². The van der Waals surface area contributed by atoms with Gasteiger partial charge in [0.15, 0.2) is 6.61 Å². The van der Waals surface area contributed by atoms with Crippen LogP contribution in [0.15, 0.2) is 47.4 Å². The summed E-state index contributed by atoms with van der Waals surface area (Å²) in [4.78, 5) is 23.9. The number of anilines is 1. The summed E-state index contributed by atoms with van der Waals surface area (Å²) in [5, 5.41) is 2.60. The number of halogens is 1. The molecule has 2 aromatic rings. The third kappa shape index (κ3) is 5.29. The molecular weight excluding hydrogens is 392 g/mol. The third-order valence-corrected chi connectivity index (χ3v) is 5.75. The molecule has 9 heteroatoms. The molecule has 0 bridgehead atoms. The molecule has 0 aliphatic heterocycles. The number of sulfonamides is 1. The third-order valence-electron chi connectivity index (χ3n) is 3.61. The molecule has 1 amide bonds. The predicted molar refractivity (Wildman–Crippen MR) is 102 cm³/mol. The molecule has 0 atom stereocenters. The molecule has 2 rings (SSSR count). The molecule has 0 aliphatic rings. The summed E-state index contributed by atoms with van der Waals surface area (Å²) in [7, 11) is -0.888. The number of esters is 1. The van der Waals surface area contributed by atoms with Crippen molar-refractivity contribution < 1.29 is 22.7 Å². The average molecular weight is 411 g/mol. The fourth-order valence-corrected chi connectivity index (χ4v) is 3.16. The van der Waals surface area contributed by atoms with Gasteiger partial charge in [0, 0.05) is 14.1 Å². The largest absolute Gasteiger partial charge is 0.452 e. The van der Waals surface area contributed by atoms with E-state index in [1.165, 1.54) is 32.3 Å². The standard InChI is InChI=1S/C18H19ClN2O5S/c1-12-4-6-13(7-5-12)18(23)26-11-17(22)20-16-10-14(8-9-15(16)19)27(24,25)21(2)3/h4-10H,11H2,1-3H3,(H,20,22). The number of amides is 1. The van der Waals surface area contributed by atoms with E-state index in [0.29, 0.717) is 5.56 Å². The van der Waals surface area contributed by atoms with Crippen molar-refractivity contribution in [3.05, 3.63) is 58.6 Å². The van der Waals surface area contributed by atoms with E-state index in [1.54, 1.807) is 24.3 Å². The topological polar surface area (TPSA) is 92.8 Å². The minimum Gasteiger partial charge on any atom is -0.452 e. The Kier molecular flexibility index (Phi) is 6.59. The Labute approximate surface area is 162 Å². The van der Waals surface area contributed by atoms with Crippen molar-refractivity contribution >= 4 is 39.2 Å². The first kappa shape index (κ1) is 20.9. The van der Waals surface area contributed by atoms with Crippen molar-refractivity contribution in [3.63, 3.8) is 0 Å². The molecular formula is C18H19ClN2O5S. The van der Waals surface area contributed by atoms with E-state index in [1.807, 2.05) is 6.92 Å². The van der Waals surface area contributed by atoms with Gasteiger partial charge in [0.1, 0.15) is 0 Å². The lowest BCUT2D eigenvalue weighted by Gasteiger charge is -2.14. The van der Waals surface area contributed by atoms with Gasteiger partial charge >= 0.3 is 5.97 Å². The summed E-state index contributed by atoms with van der Waals surface area (Å²) in [5.74, 6) is -1.28. The smallest absolute Gasteiger partial charge is 0.338 e. The molecule has 1 N–H and O–H groups in total. The van der Waals surface area contributed by atoms with Gasteiger partial charge in [0.25, 0.3) is 5.91 Å². The molecule has 0 saturated carbocycles. The van der Waals surface area contributed by atoms with Crippen LogP contribution in [0.2, 0.25) is 5.02 Å². The van der Waals surface area contributed by atoms with E-state index < -0.39 is 28.5 Å². The van der Waals surface area contributed by atoms with E-state index in [9.17, 15) is 18.0 Å². The molecule has 0 radical (unpaired) electrons. The highest BCUT2D eigenvalue weighted by Crippen LogP contribution is 2.26. The lowest BCUT2D eigenvalue weighted by molar-refractivity contribution is -0.119. The van der Waals surface area contributed by atoms with Crippen LogP contribution in [0.4, 0.5) is 5.69 Å². The number of rotatable bonds is 6. The van der Waals surface area contributed by atoms with Gasteiger partial charge in [0.05, 0.1) is 21.2 Å². The molecule has 0 unspecified atom stereocenters. The molecule has 0 aliphatic carbocycles. The van der Waals surface area contributed by atoms with Gasteiger partial charge in [-0.2, -0.15) is 0 Å². The number of carbonyl (C=O) groups is 2. The number of nitrogens with one attached hydrogen (secondary N) is 1. The average Bonchev–Trinajstić information content (AvgIpc) is 2.61. The molecule has 0 fully saturated rings. The number of hydrogen-bond acceptors (Lipinski definition) is 5. The molecule has 144 valence electrons. The second-order valence-electron chi connectivity index (χ2n) is 5.92. The summed E-state index contributed by atoms with van der Waals surface area (Å²) >= 11 is 6.01. The Morgan fingerprint density at radius 3 is 2.33 bits per heavy atom. The Balaban J connectivity index is 2.05. The summed E-state index contributed by atoms with van der Waals surface area (Å²) < 4.78 is 30.4. The zero-order valence-corrected chi connectivity index (χ0v) is 16.6. The lowest BCUT2D eigenvalue weighted by Crippen LogP contribution is -2.23. The minimum atomic E-state index is -3.68. The Morgan fingerprint density at radius 1 is 1.11 bits per heavy atom. The number of nitrogens with zero attached hydrogens (tertiary/aromatic N) is 1. The number of ether oxygens (including phenoxy) is 1. The maximum atomic E-state index is 12.2. The van der Waals surface area contributed by atoms with Crippen LogP contribution in [0.5, 0.6) is 0 Å². The number of carbonyl (C=O) groups excluding carboxylic acids is 2. The monoisotopic (exact) mass is 410 g/mol. The van der Waals surface area contributed by atoms with Crippen LogP contribution in [0.25, 0.3) is 0 Å². The van der Waals surface area contributed by atoms with Crippen LogP contribution < -0.4 is 5.32 Å². The summed E-state index contributed by atoms with van der Waals surface area (Å²) in [6.45, 7) is 1.35. The molecule has 0 heterocycles. The first-order valence-corrected chi connectivity index (χ1v) is 9.69. The van der Waals surface area contributed by atoms with Gasteiger partial charge in [-0.1, -0.05) is 29.3 Å². The maximum Gasteiger partial charge on any atom is 0.338 e. The van der Waals surface area contributed by atoms with Crippen molar-refractivity contribution in [2.45, 2.75) is 11.8 Å². The molecule has 27 heavy (non-hydrogen) atoms. The first-order valence-electron chi connectivity index (χ1n) is 7.87. The fraction of sp³-hybridized carbons (Fsp3) is 0.222. The Hall–Kier alpha value is -2.42. The van der Waals surface area contributed by atoms with Gasteiger partial charge in [-0.3, -0.25) is 4.79 Å². The zero-order chi connectivity index (χ0) is 20.2. The van der Waals surface area contributed by atoms with Crippen LogP contribution in [0, 0.1) is 6.92 Å². The second kappa shape index (κ2) is 8.51. The molecule has 0 aromatic heterocycles. The normalized spacial score (nSPS) is 11.3. The number of benzene rings is 2. The summed E-state index contributed by atoms with van der Waals surface area (Å²) in [5.41, 5.74) is 1.42. The quantitative estimate of drug-likeness (QED) is 0.739. The van der Waals surface area contributed by atoms with Crippen molar-refractivity contribution in [2.24, 2.45) is 0 Å². The first-order chi connectivity index (χ1) is 12.6. The summed E-state index contributed by atoms with van der Waals surface area (Å²) in [6.07, 6.45) is 0. The second-order valence-corrected chi connectivity index (χ2v) is 8.48. The molecule has 0 saturated heterocycles. The van der Waals surface area contributed by atoms with E-state index in [2.05, 4.69) is 5.32 Å². The van der Waals surface area contributed by atoms with Crippen LogP contribution >= 0.6 is 11.6 Å². The SMILES string of the molecule is Cc1ccc(C(=O)OCC(=O)Nc2cc(S(=O)(=O)N(C)C)ccc2Cl)cc1. The van der Waals surface area contributed by atoms with Gasteiger partial charge in [0.2, 0.25) is 10.0 Å². The zero-order valence-electron chi connectivity index (χ0n) is 15.0. The minimum absolute atomic E-state index is 0.0242. The number of hydrogen-bond donors (Lipinski definition) is 1. The van der Waals surface area contributed by atoms with Crippen LogP contribution in [-0.4, -0.2) is 45.3 Å². The molecule has 0 spiro atoms. The van der Waals surface area contributed by atoms with Gasteiger partial charge in [-0.25, -0.2) is 17.5 Å². The highest BCUT2D eigenvalue weighted by atomic mass is 35.5. The van der Waals surface area contributed by atoms with Crippen molar-refractivity contribution in [2.75, 3.05) is 26.0 Å². The van der Waals surface area contributed by atoms with E-state index >= 15 is 0 Å². The molecule has 2 aromatic carbocycles. The van der Waals surface area contributed by atoms with Gasteiger partial charge in [-0.15, -0.1) is 0 Å². The van der Waals surface area contributed by atoms with Crippen LogP contribution in [-0.2, 0) is 19.6 Å². The predicted octanol–water partition coefficient (Wildman–Crippen LogP) is 2.69. The Morgan fingerprint density at radius 2 is 1.74 bits per heavy atom. The summed E-state index contributed by atoms with van der Waals surface area (Å²) in [6, 6.07) is 10.7. The highest BCUT2D eigenvalue weighted by molar-refractivity contribution is 7.89. The number of aryl methyl sites for hydroxylation is 1. The van der Waals surface area contributed by atoms with Crippen molar-refractivity contribution in [3.8, 4) is 0 Å². The van der Waals surface area contributed by atoms with Crippen LogP contribution in [0.1, 0.15) is 15.9 Å². The lowest BCUT2D eigenvalue weighted by atomic mass is 10.1. The molecule has 7 nitrogen and oxygen atoms in total. The van der Waals surface area contributed by atoms with E-state index in [0.717, 1.165) is 9.87 Å². The van der Waals surface area contributed by atoms with Gasteiger partial charge in [-0.05, 0) is 37.3 Å².